The fourth-order valence-corrected chi connectivity index (χ4v) is 2.41. The molecule has 1 aliphatic heterocycles. The zero-order valence-corrected chi connectivity index (χ0v) is 13.2. The van der Waals surface area contributed by atoms with E-state index >= 15 is 0 Å². The lowest BCUT2D eigenvalue weighted by Gasteiger charge is -2.40. The van der Waals surface area contributed by atoms with Crippen LogP contribution in [0.15, 0.2) is 30.3 Å². The number of carbonyl (C=O) groups is 2. The molecule has 1 saturated heterocycles. The predicted octanol–water partition coefficient (Wildman–Crippen LogP) is 2.20. The first kappa shape index (κ1) is 16.1. The Bertz CT molecular complexity index is 539. The first-order valence-electron chi connectivity index (χ1n) is 7.30. The van der Waals surface area contributed by atoms with Gasteiger partial charge >= 0.3 is 12.1 Å². The van der Waals surface area contributed by atoms with Gasteiger partial charge in [-0.1, -0.05) is 18.2 Å². The molecule has 0 aliphatic carbocycles. The van der Waals surface area contributed by atoms with Crippen molar-refractivity contribution in [1.29, 1.82) is 0 Å². The molecule has 22 heavy (non-hydrogen) atoms. The average Bonchev–Trinajstić information content (AvgIpc) is 2.45. The van der Waals surface area contributed by atoms with Gasteiger partial charge < -0.3 is 14.7 Å². The highest BCUT2D eigenvalue weighted by atomic mass is 16.6. The Morgan fingerprint density at radius 2 is 1.82 bits per heavy atom. The van der Waals surface area contributed by atoms with Crippen molar-refractivity contribution in [2.45, 2.75) is 32.4 Å². The number of anilines is 1. The molecule has 1 atom stereocenters. The third-order valence-electron chi connectivity index (χ3n) is 3.41. The highest BCUT2D eigenvalue weighted by Crippen LogP contribution is 2.21. The second kappa shape index (κ2) is 6.25. The van der Waals surface area contributed by atoms with Gasteiger partial charge in [0.25, 0.3) is 0 Å². The Balaban J connectivity index is 2.12. The van der Waals surface area contributed by atoms with Crippen molar-refractivity contribution in [3.63, 3.8) is 0 Å². The van der Waals surface area contributed by atoms with Gasteiger partial charge in [0.2, 0.25) is 0 Å². The van der Waals surface area contributed by atoms with Crippen LogP contribution in [0.1, 0.15) is 20.8 Å². The molecule has 1 heterocycles. The minimum atomic E-state index is -1.02. The fraction of sp³-hybridized carbons (Fsp3) is 0.500. The number of rotatable bonds is 2. The Morgan fingerprint density at radius 1 is 1.18 bits per heavy atom. The number of carbonyl (C=O) groups excluding carboxylic acids is 1. The monoisotopic (exact) mass is 306 g/mol. The van der Waals surface area contributed by atoms with Crippen LogP contribution in [0.4, 0.5) is 10.5 Å². The lowest BCUT2D eigenvalue weighted by Crippen LogP contribution is -2.59. The summed E-state index contributed by atoms with van der Waals surface area (Å²) < 4.78 is 5.30. The number of hydrogen-bond acceptors (Lipinski definition) is 4. The van der Waals surface area contributed by atoms with Crippen molar-refractivity contribution in [3.05, 3.63) is 30.3 Å². The number of carboxylic acids is 1. The maximum Gasteiger partial charge on any atom is 0.411 e. The van der Waals surface area contributed by atoms with Crippen molar-refractivity contribution >= 4 is 17.7 Å². The second-order valence-corrected chi connectivity index (χ2v) is 6.31. The normalized spacial score (nSPS) is 19.0. The zero-order chi connectivity index (χ0) is 16.3. The molecular weight excluding hydrogens is 284 g/mol. The Labute approximate surface area is 130 Å². The average molecular weight is 306 g/mol. The van der Waals surface area contributed by atoms with Crippen LogP contribution < -0.4 is 4.90 Å². The fourth-order valence-electron chi connectivity index (χ4n) is 2.41. The molecule has 1 amide bonds. The van der Waals surface area contributed by atoms with Gasteiger partial charge in [-0.25, -0.2) is 9.59 Å². The molecule has 1 unspecified atom stereocenters. The third-order valence-corrected chi connectivity index (χ3v) is 3.41. The number of hydrogen-bond donors (Lipinski definition) is 1. The number of amides is 1. The number of para-hydroxylation sites is 1. The Hall–Kier alpha value is -2.24. The quantitative estimate of drug-likeness (QED) is 0.907. The molecule has 1 aliphatic rings. The van der Waals surface area contributed by atoms with Gasteiger partial charge in [-0.3, -0.25) is 4.90 Å². The van der Waals surface area contributed by atoms with E-state index in [-0.39, 0.29) is 6.54 Å². The molecule has 0 radical (unpaired) electrons. The van der Waals surface area contributed by atoms with Gasteiger partial charge in [-0.2, -0.15) is 0 Å². The molecule has 1 N–H and O–H groups in total. The number of nitrogens with zero attached hydrogens (tertiary/aromatic N) is 2. The Kier molecular flexibility index (Phi) is 4.59. The molecule has 6 heteroatoms. The van der Waals surface area contributed by atoms with Gasteiger partial charge in [0.05, 0.1) is 0 Å². The van der Waals surface area contributed by atoms with E-state index in [9.17, 15) is 14.7 Å². The zero-order valence-electron chi connectivity index (χ0n) is 13.2. The molecular formula is C16H22N2O4. The SMILES string of the molecule is CC(C)(C)OC(=O)N1CCN(c2ccccc2)CC1C(=O)O. The van der Waals surface area contributed by atoms with Crippen LogP contribution in [0.2, 0.25) is 0 Å². The van der Waals surface area contributed by atoms with Gasteiger partial charge in [0.15, 0.2) is 0 Å². The van der Waals surface area contributed by atoms with E-state index in [0.29, 0.717) is 13.1 Å². The van der Waals surface area contributed by atoms with E-state index < -0.39 is 23.7 Å². The number of ether oxygens (including phenoxy) is 1. The summed E-state index contributed by atoms with van der Waals surface area (Å²) in [5.41, 5.74) is 0.314. The summed E-state index contributed by atoms with van der Waals surface area (Å²) in [6, 6.07) is 8.68. The van der Waals surface area contributed by atoms with E-state index in [1.807, 2.05) is 35.2 Å². The van der Waals surface area contributed by atoms with E-state index in [0.717, 1.165) is 5.69 Å². The lowest BCUT2D eigenvalue weighted by atomic mass is 10.1. The van der Waals surface area contributed by atoms with Gasteiger partial charge in [0.1, 0.15) is 11.6 Å². The number of benzene rings is 1. The second-order valence-electron chi connectivity index (χ2n) is 6.31. The van der Waals surface area contributed by atoms with Crippen LogP contribution in [0.5, 0.6) is 0 Å². The van der Waals surface area contributed by atoms with E-state index in [1.165, 1.54) is 4.90 Å². The summed E-state index contributed by atoms with van der Waals surface area (Å²) in [5, 5.41) is 9.44. The largest absolute Gasteiger partial charge is 0.480 e. The molecule has 0 saturated carbocycles. The molecule has 0 aromatic heterocycles. The van der Waals surface area contributed by atoms with Gasteiger partial charge in [-0.15, -0.1) is 0 Å². The summed E-state index contributed by atoms with van der Waals surface area (Å²) in [7, 11) is 0. The van der Waals surface area contributed by atoms with Crippen molar-refractivity contribution in [1.82, 2.24) is 4.90 Å². The van der Waals surface area contributed by atoms with Crippen molar-refractivity contribution in [2.75, 3.05) is 24.5 Å². The van der Waals surface area contributed by atoms with Gasteiger partial charge in [0, 0.05) is 25.3 Å². The summed E-state index contributed by atoms with van der Waals surface area (Å²) in [6.07, 6.45) is -0.576. The minimum absolute atomic E-state index is 0.249. The molecule has 6 nitrogen and oxygen atoms in total. The molecule has 1 fully saturated rings. The highest BCUT2D eigenvalue weighted by molar-refractivity contribution is 5.81. The molecule has 120 valence electrons. The van der Waals surface area contributed by atoms with Crippen LogP contribution in [-0.2, 0) is 9.53 Å². The molecule has 0 spiro atoms. The topological polar surface area (TPSA) is 70.1 Å². The van der Waals surface area contributed by atoms with E-state index in [1.54, 1.807) is 20.8 Å². The summed E-state index contributed by atoms with van der Waals surface area (Å²) in [4.78, 5) is 27.0. The molecule has 0 bridgehead atoms. The van der Waals surface area contributed by atoms with Crippen LogP contribution in [0.25, 0.3) is 0 Å². The minimum Gasteiger partial charge on any atom is -0.480 e. The summed E-state index contributed by atoms with van der Waals surface area (Å²) in [6.45, 7) is 6.44. The standard InChI is InChI=1S/C16H22N2O4/c1-16(2,3)22-15(21)18-10-9-17(11-13(18)14(19)20)12-7-5-4-6-8-12/h4-8,13H,9-11H2,1-3H3,(H,19,20). The Morgan fingerprint density at radius 3 is 2.36 bits per heavy atom. The van der Waals surface area contributed by atoms with Crippen molar-refractivity contribution in [2.24, 2.45) is 0 Å². The van der Waals surface area contributed by atoms with E-state index in [2.05, 4.69) is 0 Å². The third kappa shape index (κ3) is 3.90. The van der Waals surface area contributed by atoms with Crippen LogP contribution in [-0.4, -0.2) is 53.3 Å². The van der Waals surface area contributed by atoms with Crippen molar-refractivity contribution < 1.29 is 19.4 Å². The maximum atomic E-state index is 12.2. The highest BCUT2D eigenvalue weighted by Gasteiger charge is 2.37. The van der Waals surface area contributed by atoms with Gasteiger partial charge in [-0.05, 0) is 32.9 Å². The molecule has 1 aromatic carbocycles. The predicted molar refractivity (Wildman–Crippen MR) is 83.0 cm³/mol. The van der Waals surface area contributed by atoms with Crippen LogP contribution in [0, 0.1) is 0 Å². The van der Waals surface area contributed by atoms with Crippen LogP contribution in [0.3, 0.4) is 0 Å². The van der Waals surface area contributed by atoms with E-state index in [4.69, 9.17) is 4.74 Å². The smallest absolute Gasteiger partial charge is 0.411 e. The summed E-state index contributed by atoms with van der Waals surface area (Å²) >= 11 is 0. The lowest BCUT2D eigenvalue weighted by molar-refractivity contribution is -0.143. The first-order valence-corrected chi connectivity index (χ1v) is 7.30. The summed E-state index contributed by atoms with van der Waals surface area (Å²) in [5.74, 6) is -1.02. The molecule has 1 aromatic rings. The number of aliphatic carboxylic acids is 1. The molecule has 2 rings (SSSR count). The number of carboxylic acid groups (broad SMARTS) is 1. The first-order chi connectivity index (χ1) is 10.3. The van der Waals surface area contributed by atoms with Crippen LogP contribution >= 0.6 is 0 Å². The number of piperazine rings is 1. The van der Waals surface area contributed by atoms with Crippen molar-refractivity contribution in [3.8, 4) is 0 Å². The maximum absolute atomic E-state index is 12.2.